The normalized spacial score (nSPS) is 14.5. The zero-order chi connectivity index (χ0) is 21.5. The molecule has 0 bridgehead atoms. The monoisotopic (exact) mass is 416 g/mol. The van der Waals surface area contributed by atoms with Gasteiger partial charge in [0.15, 0.2) is 17.3 Å². The molecule has 0 atom stereocenters. The van der Waals surface area contributed by atoms with Gasteiger partial charge in [0.2, 0.25) is 5.75 Å². The topological polar surface area (TPSA) is 51.2 Å². The Kier molecular flexibility index (Phi) is 7.52. The number of ketones is 1. The van der Waals surface area contributed by atoms with E-state index in [0.29, 0.717) is 29.2 Å². The van der Waals surface area contributed by atoms with Gasteiger partial charge < -0.3 is 19.1 Å². The summed E-state index contributed by atoms with van der Waals surface area (Å²) in [6.07, 6.45) is 1.22. The van der Waals surface area contributed by atoms with E-state index in [4.69, 9.17) is 14.2 Å². The second-order valence-corrected chi connectivity index (χ2v) is 7.25. The first kappa shape index (κ1) is 21.9. The smallest absolute Gasteiger partial charge is 0.203 e. The van der Waals surface area contributed by atoms with Crippen molar-refractivity contribution in [3.63, 3.8) is 0 Å². The van der Waals surface area contributed by atoms with Crippen LogP contribution in [0, 0.1) is 5.82 Å². The van der Waals surface area contributed by atoms with E-state index < -0.39 is 0 Å². The molecule has 0 N–H and O–H groups in total. The Bertz CT molecular complexity index is 841. The number of ether oxygens (including phenoxy) is 3. The molecule has 1 aliphatic heterocycles. The van der Waals surface area contributed by atoms with Crippen LogP contribution in [0.3, 0.4) is 0 Å². The first-order valence-corrected chi connectivity index (χ1v) is 10.1. The molecule has 6 nitrogen and oxygen atoms in total. The van der Waals surface area contributed by atoms with Crippen molar-refractivity contribution >= 4 is 11.5 Å². The molecule has 0 aliphatic carbocycles. The third-order valence-corrected chi connectivity index (χ3v) is 5.41. The third-order valence-electron chi connectivity index (χ3n) is 5.41. The Hall–Kier alpha value is -2.80. The minimum Gasteiger partial charge on any atom is -0.493 e. The average Bonchev–Trinajstić information content (AvgIpc) is 2.78. The van der Waals surface area contributed by atoms with Crippen molar-refractivity contribution in [3.05, 3.63) is 47.8 Å². The van der Waals surface area contributed by atoms with Crippen LogP contribution in [0.5, 0.6) is 17.2 Å². The molecule has 1 heterocycles. The second-order valence-electron chi connectivity index (χ2n) is 7.25. The standard InChI is InChI=1S/C23H29FN2O4/c1-28-21-14-17(15-22(29-2)23(21)30-3)20(27)8-5-9-25-10-12-26(13-11-25)19-7-4-6-18(24)16-19/h4,6-7,14-16H,5,8-13H2,1-3H3. The van der Waals surface area contributed by atoms with Crippen LogP contribution < -0.4 is 19.1 Å². The molecule has 0 spiro atoms. The van der Waals surface area contributed by atoms with E-state index in [0.717, 1.165) is 44.8 Å². The lowest BCUT2D eigenvalue weighted by atomic mass is 10.0. The lowest BCUT2D eigenvalue weighted by molar-refractivity contribution is 0.0973. The van der Waals surface area contributed by atoms with Crippen LogP contribution in [0.2, 0.25) is 0 Å². The first-order valence-electron chi connectivity index (χ1n) is 10.1. The van der Waals surface area contributed by atoms with Gasteiger partial charge in [0.25, 0.3) is 0 Å². The van der Waals surface area contributed by atoms with Crippen molar-refractivity contribution < 1.29 is 23.4 Å². The molecule has 0 saturated carbocycles. The van der Waals surface area contributed by atoms with E-state index in [-0.39, 0.29) is 11.6 Å². The van der Waals surface area contributed by atoms with Gasteiger partial charge in [-0.25, -0.2) is 4.39 Å². The van der Waals surface area contributed by atoms with Crippen molar-refractivity contribution in [2.75, 3.05) is 59.0 Å². The van der Waals surface area contributed by atoms with Crippen molar-refractivity contribution in [2.24, 2.45) is 0 Å². The Balaban J connectivity index is 1.49. The minimum atomic E-state index is -0.208. The Morgan fingerprint density at radius 3 is 2.20 bits per heavy atom. The predicted molar refractivity (Wildman–Crippen MR) is 115 cm³/mol. The molecule has 162 valence electrons. The number of carbonyl (C=O) groups excluding carboxylic acids is 1. The molecule has 1 saturated heterocycles. The summed E-state index contributed by atoms with van der Waals surface area (Å²) in [7, 11) is 4.61. The summed E-state index contributed by atoms with van der Waals surface area (Å²) >= 11 is 0. The number of hydrogen-bond acceptors (Lipinski definition) is 6. The lowest BCUT2D eigenvalue weighted by Gasteiger charge is -2.36. The molecule has 1 aliphatic rings. The molecular formula is C23H29FN2O4. The summed E-state index contributed by atoms with van der Waals surface area (Å²) in [6.45, 7) is 4.35. The number of rotatable bonds is 9. The summed E-state index contributed by atoms with van der Waals surface area (Å²) in [5, 5.41) is 0. The molecule has 2 aromatic rings. The summed E-state index contributed by atoms with van der Waals surface area (Å²) in [5.74, 6) is 1.28. The Morgan fingerprint density at radius 2 is 1.63 bits per heavy atom. The van der Waals surface area contributed by atoms with Crippen LogP contribution in [0.15, 0.2) is 36.4 Å². The highest BCUT2D eigenvalue weighted by atomic mass is 19.1. The SMILES string of the molecule is COc1cc(C(=O)CCCN2CCN(c3cccc(F)c3)CC2)cc(OC)c1OC. The fourth-order valence-corrected chi connectivity index (χ4v) is 3.75. The molecule has 2 aromatic carbocycles. The molecule has 0 aromatic heterocycles. The molecule has 7 heteroatoms. The quantitative estimate of drug-likeness (QED) is 0.582. The largest absolute Gasteiger partial charge is 0.493 e. The number of piperazine rings is 1. The van der Waals surface area contributed by atoms with Gasteiger partial charge in [-0.2, -0.15) is 0 Å². The second kappa shape index (κ2) is 10.3. The minimum absolute atomic E-state index is 0.0487. The number of halogens is 1. The summed E-state index contributed by atoms with van der Waals surface area (Å²) in [4.78, 5) is 17.2. The van der Waals surface area contributed by atoms with E-state index in [1.165, 1.54) is 27.4 Å². The van der Waals surface area contributed by atoms with Crippen LogP contribution >= 0.6 is 0 Å². The van der Waals surface area contributed by atoms with Gasteiger partial charge in [-0.3, -0.25) is 9.69 Å². The van der Waals surface area contributed by atoms with Crippen LogP contribution in [-0.4, -0.2) is 64.7 Å². The van der Waals surface area contributed by atoms with Gasteiger partial charge in [-0.1, -0.05) is 6.07 Å². The molecule has 0 unspecified atom stereocenters. The third kappa shape index (κ3) is 5.21. The summed E-state index contributed by atoms with van der Waals surface area (Å²) < 4.78 is 29.4. The van der Waals surface area contributed by atoms with Crippen LogP contribution in [-0.2, 0) is 0 Å². The van der Waals surface area contributed by atoms with E-state index in [9.17, 15) is 9.18 Å². The van der Waals surface area contributed by atoms with Gasteiger partial charge in [0.05, 0.1) is 21.3 Å². The van der Waals surface area contributed by atoms with Gasteiger partial charge in [0, 0.05) is 43.9 Å². The Morgan fingerprint density at radius 1 is 0.967 bits per heavy atom. The fourth-order valence-electron chi connectivity index (χ4n) is 3.75. The number of carbonyl (C=O) groups is 1. The maximum Gasteiger partial charge on any atom is 0.203 e. The highest BCUT2D eigenvalue weighted by Gasteiger charge is 2.19. The van der Waals surface area contributed by atoms with E-state index in [1.807, 2.05) is 6.07 Å². The van der Waals surface area contributed by atoms with Gasteiger partial charge in [-0.15, -0.1) is 0 Å². The Labute approximate surface area is 177 Å². The maximum absolute atomic E-state index is 13.4. The zero-order valence-corrected chi connectivity index (χ0v) is 17.8. The van der Waals surface area contributed by atoms with Crippen molar-refractivity contribution in [1.29, 1.82) is 0 Å². The predicted octanol–water partition coefficient (Wildman–Crippen LogP) is 3.64. The highest BCUT2D eigenvalue weighted by molar-refractivity contribution is 5.97. The van der Waals surface area contributed by atoms with Crippen LogP contribution in [0.1, 0.15) is 23.2 Å². The van der Waals surface area contributed by atoms with Crippen molar-refractivity contribution in [1.82, 2.24) is 4.90 Å². The molecular weight excluding hydrogens is 387 g/mol. The number of Topliss-reactive ketones (excluding diaryl/α,β-unsaturated/α-hetero) is 1. The van der Waals surface area contributed by atoms with Crippen molar-refractivity contribution in [2.45, 2.75) is 12.8 Å². The lowest BCUT2D eigenvalue weighted by Crippen LogP contribution is -2.46. The number of anilines is 1. The van der Waals surface area contributed by atoms with Gasteiger partial charge in [0.1, 0.15) is 5.82 Å². The summed E-state index contributed by atoms with van der Waals surface area (Å²) in [5.41, 5.74) is 1.48. The van der Waals surface area contributed by atoms with E-state index >= 15 is 0 Å². The van der Waals surface area contributed by atoms with Crippen LogP contribution in [0.25, 0.3) is 0 Å². The molecule has 3 rings (SSSR count). The van der Waals surface area contributed by atoms with Crippen molar-refractivity contribution in [3.8, 4) is 17.2 Å². The molecule has 0 amide bonds. The first-order chi connectivity index (χ1) is 14.5. The van der Waals surface area contributed by atoms with E-state index in [1.54, 1.807) is 24.3 Å². The fraction of sp³-hybridized carbons (Fsp3) is 0.435. The zero-order valence-electron chi connectivity index (χ0n) is 17.8. The summed E-state index contributed by atoms with van der Waals surface area (Å²) in [6, 6.07) is 10.1. The average molecular weight is 416 g/mol. The number of hydrogen-bond donors (Lipinski definition) is 0. The van der Waals surface area contributed by atoms with Crippen LogP contribution in [0.4, 0.5) is 10.1 Å². The molecule has 30 heavy (non-hydrogen) atoms. The van der Waals surface area contributed by atoms with Gasteiger partial charge >= 0.3 is 0 Å². The van der Waals surface area contributed by atoms with Gasteiger partial charge in [-0.05, 0) is 43.3 Å². The number of methoxy groups -OCH3 is 3. The molecule has 1 fully saturated rings. The maximum atomic E-state index is 13.4. The molecule has 0 radical (unpaired) electrons. The highest BCUT2D eigenvalue weighted by Crippen LogP contribution is 2.38. The number of nitrogens with zero attached hydrogens (tertiary/aromatic N) is 2. The number of benzene rings is 2. The van der Waals surface area contributed by atoms with E-state index in [2.05, 4.69) is 9.80 Å².